The van der Waals surface area contributed by atoms with Crippen molar-refractivity contribution in [3.8, 4) is 0 Å². The van der Waals surface area contributed by atoms with E-state index in [-0.39, 0.29) is 5.56 Å². The van der Waals surface area contributed by atoms with Crippen molar-refractivity contribution in [1.29, 1.82) is 0 Å². The number of hydrogen-bond donors (Lipinski definition) is 1. The molecule has 108 valence electrons. The van der Waals surface area contributed by atoms with Crippen molar-refractivity contribution in [3.63, 3.8) is 0 Å². The molecule has 1 aromatic carbocycles. The van der Waals surface area contributed by atoms with Crippen LogP contribution in [-0.4, -0.2) is 19.4 Å². The highest BCUT2D eigenvalue weighted by Gasteiger charge is 2.14. The Morgan fingerprint density at radius 3 is 2.81 bits per heavy atom. The summed E-state index contributed by atoms with van der Waals surface area (Å²) in [5, 5.41) is 5.85. The summed E-state index contributed by atoms with van der Waals surface area (Å²) >= 11 is 12.0. The van der Waals surface area contributed by atoms with Gasteiger partial charge < -0.3 is 5.84 Å². The van der Waals surface area contributed by atoms with E-state index in [4.69, 9.17) is 29.0 Å². The second-order valence-electron chi connectivity index (χ2n) is 4.63. The monoisotopic (exact) mass is 323 g/mol. The highest BCUT2D eigenvalue weighted by Crippen LogP contribution is 2.22. The third-order valence-electron chi connectivity index (χ3n) is 3.19. The SMILES string of the molecule is Cc1nn(Cc2ccc(Cl)cc2Cl)c2ncn(N)c(=O)c12. The molecule has 0 saturated carbocycles. The van der Waals surface area contributed by atoms with Gasteiger partial charge in [-0.05, 0) is 24.6 Å². The summed E-state index contributed by atoms with van der Waals surface area (Å²) in [7, 11) is 0. The predicted molar refractivity (Wildman–Crippen MR) is 82.2 cm³/mol. The fourth-order valence-corrected chi connectivity index (χ4v) is 2.64. The van der Waals surface area contributed by atoms with Crippen LogP contribution in [0, 0.1) is 6.92 Å². The molecule has 0 atom stereocenters. The van der Waals surface area contributed by atoms with E-state index in [9.17, 15) is 4.79 Å². The number of fused-ring (bicyclic) bond motifs is 1. The number of nitrogens with zero attached hydrogens (tertiary/aromatic N) is 4. The Labute approximate surface area is 129 Å². The molecule has 2 N–H and O–H groups in total. The van der Waals surface area contributed by atoms with Crippen molar-refractivity contribution in [3.05, 3.63) is 56.2 Å². The van der Waals surface area contributed by atoms with Gasteiger partial charge in [0, 0.05) is 10.0 Å². The molecule has 0 saturated heterocycles. The van der Waals surface area contributed by atoms with E-state index in [0.717, 1.165) is 10.2 Å². The average Bonchev–Trinajstić information content (AvgIpc) is 2.74. The first-order valence-electron chi connectivity index (χ1n) is 6.11. The van der Waals surface area contributed by atoms with Crippen molar-refractivity contribution in [2.24, 2.45) is 0 Å². The van der Waals surface area contributed by atoms with Gasteiger partial charge in [-0.1, -0.05) is 29.3 Å². The van der Waals surface area contributed by atoms with Crippen LogP contribution in [0.3, 0.4) is 0 Å². The normalized spacial score (nSPS) is 11.2. The van der Waals surface area contributed by atoms with E-state index in [1.54, 1.807) is 23.7 Å². The number of halogens is 2. The molecule has 21 heavy (non-hydrogen) atoms. The van der Waals surface area contributed by atoms with Gasteiger partial charge in [0.05, 0.1) is 12.2 Å². The third-order valence-corrected chi connectivity index (χ3v) is 3.78. The second-order valence-corrected chi connectivity index (χ2v) is 5.48. The van der Waals surface area contributed by atoms with E-state index in [2.05, 4.69) is 10.1 Å². The van der Waals surface area contributed by atoms with Crippen LogP contribution in [0.4, 0.5) is 0 Å². The molecule has 3 aromatic rings. The average molecular weight is 324 g/mol. The van der Waals surface area contributed by atoms with Gasteiger partial charge in [-0.25, -0.2) is 14.3 Å². The highest BCUT2D eigenvalue weighted by atomic mass is 35.5. The summed E-state index contributed by atoms with van der Waals surface area (Å²) in [5.74, 6) is 5.53. The molecule has 2 aromatic heterocycles. The minimum Gasteiger partial charge on any atom is -0.335 e. The zero-order valence-corrected chi connectivity index (χ0v) is 12.6. The Balaban J connectivity index is 2.14. The summed E-state index contributed by atoms with van der Waals surface area (Å²) in [4.78, 5) is 16.2. The Kier molecular flexibility index (Phi) is 3.35. The van der Waals surface area contributed by atoms with Gasteiger partial charge in [0.25, 0.3) is 5.56 Å². The molecule has 0 fully saturated rings. The minimum atomic E-state index is -0.328. The van der Waals surface area contributed by atoms with Gasteiger partial charge in [-0.3, -0.25) is 4.79 Å². The number of aryl methyl sites for hydroxylation is 1. The molecular weight excluding hydrogens is 313 g/mol. The molecule has 0 amide bonds. The Morgan fingerprint density at radius 1 is 1.33 bits per heavy atom. The van der Waals surface area contributed by atoms with E-state index < -0.39 is 0 Å². The molecule has 6 nitrogen and oxygen atoms in total. The van der Waals surface area contributed by atoms with Gasteiger partial charge in [0.1, 0.15) is 11.7 Å². The smallest absolute Gasteiger partial charge is 0.283 e. The first-order chi connectivity index (χ1) is 9.97. The second kappa shape index (κ2) is 5.05. The van der Waals surface area contributed by atoms with Crippen LogP contribution in [-0.2, 0) is 6.54 Å². The number of hydrogen-bond acceptors (Lipinski definition) is 4. The molecule has 0 aliphatic carbocycles. The zero-order chi connectivity index (χ0) is 15.1. The van der Waals surface area contributed by atoms with E-state index in [1.165, 1.54) is 6.33 Å². The number of nitrogen functional groups attached to an aromatic ring is 1. The maximum absolute atomic E-state index is 12.0. The molecule has 0 radical (unpaired) electrons. The van der Waals surface area contributed by atoms with Gasteiger partial charge in [0.2, 0.25) is 0 Å². The largest absolute Gasteiger partial charge is 0.335 e. The molecule has 0 bridgehead atoms. The lowest BCUT2D eigenvalue weighted by molar-refractivity contribution is 0.694. The van der Waals surface area contributed by atoms with Gasteiger partial charge in [-0.2, -0.15) is 5.10 Å². The molecule has 0 unspecified atom stereocenters. The predicted octanol–water partition coefficient (Wildman–Crippen LogP) is 1.97. The van der Waals surface area contributed by atoms with Crippen LogP contribution in [0.1, 0.15) is 11.3 Å². The van der Waals surface area contributed by atoms with Gasteiger partial charge in [0.15, 0.2) is 5.65 Å². The zero-order valence-electron chi connectivity index (χ0n) is 11.0. The Hall–Kier alpha value is -2.05. The number of rotatable bonds is 2. The van der Waals surface area contributed by atoms with Crippen molar-refractivity contribution < 1.29 is 0 Å². The lowest BCUT2D eigenvalue weighted by atomic mass is 10.2. The highest BCUT2D eigenvalue weighted by molar-refractivity contribution is 6.35. The number of aromatic nitrogens is 4. The van der Waals surface area contributed by atoms with Crippen molar-refractivity contribution >= 4 is 34.2 Å². The van der Waals surface area contributed by atoms with Gasteiger partial charge >= 0.3 is 0 Å². The summed E-state index contributed by atoms with van der Waals surface area (Å²) in [6.07, 6.45) is 1.27. The van der Waals surface area contributed by atoms with Crippen LogP contribution in [0.5, 0.6) is 0 Å². The lowest BCUT2D eigenvalue weighted by Gasteiger charge is -2.06. The minimum absolute atomic E-state index is 0.328. The first-order valence-corrected chi connectivity index (χ1v) is 6.86. The first kappa shape index (κ1) is 13.9. The van der Waals surface area contributed by atoms with E-state index in [1.807, 2.05) is 6.07 Å². The third kappa shape index (κ3) is 2.36. The summed E-state index contributed by atoms with van der Waals surface area (Å²) in [6.45, 7) is 2.13. The van der Waals surface area contributed by atoms with Crippen molar-refractivity contribution in [2.75, 3.05) is 5.84 Å². The lowest BCUT2D eigenvalue weighted by Crippen LogP contribution is -2.27. The molecule has 2 heterocycles. The molecule has 0 aliphatic rings. The molecule has 3 rings (SSSR count). The maximum Gasteiger partial charge on any atom is 0.283 e. The Bertz CT molecular complexity index is 899. The fraction of sp³-hybridized carbons (Fsp3) is 0.154. The van der Waals surface area contributed by atoms with E-state index >= 15 is 0 Å². The van der Waals surface area contributed by atoms with Crippen molar-refractivity contribution in [2.45, 2.75) is 13.5 Å². The van der Waals surface area contributed by atoms with Crippen LogP contribution >= 0.6 is 23.2 Å². The fourth-order valence-electron chi connectivity index (χ4n) is 2.17. The van der Waals surface area contributed by atoms with Crippen LogP contribution in [0.15, 0.2) is 29.3 Å². The quantitative estimate of drug-likeness (QED) is 0.731. The van der Waals surface area contributed by atoms with Crippen LogP contribution < -0.4 is 11.4 Å². The van der Waals surface area contributed by atoms with Crippen LogP contribution in [0.25, 0.3) is 11.0 Å². The number of nitrogens with two attached hydrogens (primary N) is 1. The molecule has 0 spiro atoms. The van der Waals surface area contributed by atoms with Crippen molar-refractivity contribution in [1.82, 2.24) is 19.4 Å². The number of benzene rings is 1. The summed E-state index contributed by atoms with van der Waals surface area (Å²) < 4.78 is 2.57. The summed E-state index contributed by atoms with van der Waals surface area (Å²) in [5.41, 5.74) is 1.56. The topological polar surface area (TPSA) is 78.7 Å². The standard InChI is InChI=1S/C13H11Cl2N5O/c1-7-11-12(17-6-19(16)13(11)21)20(18-7)5-8-2-3-9(14)4-10(8)15/h2-4,6H,5,16H2,1H3. The summed E-state index contributed by atoms with van der Waals surface area (Å²) in [6, 6.07) is 5.23. The molecule has 8 heteroatoms. The Morgan fingerprint density at radius 2 is 2.10 bits per heavy atom. The van der Waals surface area contributed by atoms with Gasteiger partial charge in [-0.15, -0.1) is 0 Å². The van der Waals surface area contributed by atoms with E-state index in [0.29, 0.717) is 33.3 Å². The molecular formula is C13H11Cl2N5O. The molecule has 0 aliphatic heterocycles. The van der Waals surface area contributed by atoms with Crippen LogP contribution in [0.2, 0.25) is 10.0 Å². The maximum atomic E-state index is 12.0.